The van der Waals surface area contributed by atoms with Gasteiger partial charge in [-0.3, -0.25) is 4.99 Å². The lowest BCUT2D eigenvalue weighted by molar-refractivity contribution is 0.0696. The van der Waals surface area contributed by atoms with Crippen LogP contribution in [0.1, 0.15) is 17.3 Å². The summed E-state index contributed by atoms with van der Waals surface area (Å²) < 4.78 is 0. The molecule has 0 saturated carbocycles. The first-order valence-electron chi connectivity index (χ1n) is 3.66. The molecule has 0 aromatic carbocycles. The van der Waals surface area contributed by atoms with Crippen molar-refractivity contribution in [2.45, 2.75) is 6.92 Å². The summed E-state index contributed by atoms with van der Waals surface area (Å²) in [6, 6.07) is 3.00. The van der Waals surface area contributed by atoms with Crippen molar-refractivity contribution in [3.8, 4) is 0 Å². The molecule has 0 bridgehead atoms. The fourth-order valence-electron chi connectivity index (χ4n) is 0.849. The first kappa shape index (κ1) is 8.52. The summed E-state index contributed by atoms with van der Waals surface area (Å²) >= 11 is 0. The third-order valence-corrected chi connectivity index (χ3v) is 1.36. The molecule has 0 aliphatic heterocycles. The highest BCUT2D eigenvalue weighted by atomic mass is 16.4. The molecule has 0 radical (unpaired) electrons. The van der Waals surface area contributed by atoms with E-state index in [1.165, 1.54) is 12.1 Å². The minimum absolute atomic E-state index is 0.251. The van der Waals surface area contributed by atoms with Gasteiger partial charge in [-0.2, -0.15) is 0 Å². The number of carbonyl (C=O) groups is 1. The fraction of sp³-hybridized carbons (Fsp3) is 0.250. The van der Waals surface area contributed by atoms with E-state index in [0.29, 0.717) is 12.0 Å². The van der Waals surface area contributed by atoms with Gasteiger partial charge in [0.05, 0.1) is 5.56 Å². The molecule has 0 aliphatic rings. The monoisotopic (exact) mass is 166 g/mol. The zero-order valence-corrected chi connectivity index (χ0v) is 6.74. The summed E-state index contributed by atoms with van der Waals surface area (Å²) in [7, 11) is 0. The topological polar surface area (TPSA) is 65.4 Å². The predicted octanol–water partition coefficient (Wildman–Crippen LogP) is 0.634. The van der Waals surface area contributed by atoms with Crippen molar-refractivity contribution < 1.29 is 9.90 Å². The lowest BCUT2D eigenvalue weighted by Gasteiger charge is -1.92. The average molecular weight is 166 g/mol. The van der Waals surface area contributed by atoms with Gasteiger partial charge in [0.1, 0.15) is 5.49 Å². The Bertz CT molecular complexity index is 341. The number of nitrogens with zero attached hydrogens (tertiary/aromatic N) is 1. The molecule has 64 valence electrons. The number of nitrogens with one attached hydrogen (secondary N) is 1. The predicted molar refractivity (Wildman–Crippen MR) is 43.9 cm³/mol. The van der Waals surface area contributed by atoms with Crippen LogP contribution in [0.2, 0.25) is 0 Å². The molecule has 1 rings (SSSR count). The summed E-state index contributed by atoms with van der Waals surface area (Å²) in [5.74, 6) is -0.934. The number of pyridine rings is 1. The SMILES string of the molecule is CC/N=c1/cc(C(=O)O)cc[nH]1. The zero-order chi connectivity index (χ0) is 8.97. The van der Waals surface area contributed by atoms with Crippen LogP contribution in [0.5, 0.6) is 0 Å². The smallest absolute Gasteiger partial charge is 0.335 e. The standard InChI is InChI=1S/C8H10N2O2/c1-2-9-7-5-6(8(11)12)3-4-10-7/h3-5H,2H2,1H3,(H,9,10)(H,11,12). The maximum absolute atomic E-state index is 10.5. The molecule has 0 saturated heterocycles. The van der Waals surface area contributed by atoms with Crippen LogP contribution in [-0.4, -0.2) is 22.6 Å². The molecule has 0 unspecified atom stereocenters. The van der Waals surface area contributed by atoms with Crippen LogP contribution in [-0.2, 0) is 0 Å². The van der Waals surface area contributed by atoms with E-state index in [4.69, 9.17) is 5.11 Å². The average Bonchev–Trinajstić information content (AvgIpc) is 2.05. The van der Waals surface area contributed by atoms with E-state index >= 15 is 0 Å². The molecular weight excluding hydrogens is 156 g/mol. The van der Waals surface area contributed by atoms with Crippen LogP contribution in [0.15, 0.2) is 23.3 Å². The van der Waals surface area contributed by atoms with E-state index < -0.39 is 5.97 Å². The number of H-pyrrole nitrogens is 1. The van der Waals surface area contributed by atoms with E-state index in [1.807, 2.05) is 6.92 Å². The number of aromatic carboxylic acids is 1. The zero-order valence-electron chi connectivity index (χ0n) is 6.74. The van der Waals surface area contributed by atoms with Crippen molar-refractivity contribution >= 4 is 5.97 Å². The van der Waals surface area contributed by atoms with Gasteiger partial charge in [0.2, 0.25) is 0 Å². The maximum atomic E-state index is 10.5. The fourth-order valence-corrected chi connectivity index (χ4v) is 0.849. The molecule has 1 heterocycles. The minimum Gasteiger partial charge on any atom is -0.478 e. The third kappa shape index (κ3) is 1.95. The van der Waals surface area contributed by atoms with Crippen LogP contribution < -0.4 is 5.49 Å². The lowest BCUT2D eigenvalue weighted by atomic mass is 10.3. The molecule has 2 N–H and O–H groups in total. The van der Waals surface area contributed by atoms with Crippen LogP contribution >= 0.6 is 0 Å². The van der Waals surface area contributed by atoms with Gasteiger partial charge in [0.25, 0.3) is 0 Å². The summed E-state index contributed by atoms with van der Waals surface area (Å²) in [4.78, 5) is 17.4. The molecule has 0 amide bonds. The first-order chi connectivity index (χ1) is 5.74. The van der Waals surface area contributed by atoms with Crippen LogP contribution in [0.4, 0.5) is 0 Å². The Balaban J connectivity index is 3.12. The molecule has 0 atom stereocenters. The number of rotatable bonds is 2. The number of aromatic nitrogens is 1. The van der Waals surface area contributed by atoms with Crippen molar-refractivity contribution in [2.24, 2.45) is 4.99 Å². The Kier molecular flexibility index (Phi) is 2.63. The van der Waals surface area contributed by atoms with Gasteiger partial charge in [0.15, 0.2) is 0 Å². The largest absolute Gasteiger partial charge is 0.478 e. The summed E-state index contributed by atoms with van der Waals surface area (Å²) in [6.07, 6.45) is 1.57. The van der Waals surface area contributed by atoms with Gasteiger partial charge in [-0.1, -0.05) is 0 Å². The number of aromatic amines is 1. The van der Waals surface area contributed by atoms with Crippen molar-refractivity contribution in [1.29, 1.82) is 0 Å². The molecule has 12 heavy (non-hydrogen) atoms. The molecule has 0 spiro atoms. The van der Waals surface area contributed by atoms with Crippen LogP contribution in [0.3, 0.4) is 0 Å². The number of hydrogen-bond donors (Lipinski definition) is 2. The summed E-state index contributed by atoms with van der Waals surface area (Å²) in [5.41, 5.74) is 0.846. The number of carboxylic acid groups (broad SMARTS) is 1. The van der Waals surface area contributed by atoms with Crippen molar-refractivity contribution in [1.82, 2.24) is 4.98 Å². The van der Waals surface area contributed by atoms with Crippen molar-refractivity contribution in [3.63, 3.8) is 0 Å². The van der Waals surface area contributed by atoms with Crippen LogP contribution in [0, 0.1) is 0 Å². The molecule has 4 heteroatoms. The van der Waals surface area contributed by atoms with Gasteiger partial charge in [-0.25, -0.2) is 4.79 Å². The highest BCUT2D eigenvalue weighted by Crippen LogP contribution is 1.90. The highest BCUT2D eigenvalue weighted by Gasteiger charge is 1.99. The highest BCUT2D eigenvalue weighted by molar-refractivity contribution is 5.87. The minimum atomic E-state index is -0.934. The van der Waals surface area contributed by atoms with Crippen LogP contribution in [0.25, 0.3) is 0 Å². The van der Waals surface area contributed by atoms with E-state index in [2.05, 4.69) is 9.98 Å². The van der Waals surface area contributed by atoms with E-state index in [0.717, 1.165) is 0 Å². The summed E-state index contributed by atoms with van der Waals surface area (Å²) in [6.45, 7) is 2.53. The second-order valence-corrected chi connectivity index (χ2v) is 2.24. The van der Waals surface area contributed by atoms with Gasteiger partial charge < -0.3 is 10.1 Å². The molecular formula is C8H10N2O2. The Morgan fingerprint density at radius 1 is 1.75 bits per heavy atom. The van der Waals surface area contributed by atoms with E-state index in [9.17, 15) is 4.79 Å². The molecule has 1 aromatic heterocycles. The Morgan fingerprint density at radius 2 is 2.50 bits per heavy atom. The number of hydrogen-bond acceptors (Lipinski definition) is 2. The number of carboxylic acids is 1. The maximum Gasteiger partial charge on any atom is 0.335 e. The van der Waals surface area contributed by atoms with Gasteiger partial charge in [0, 0.05) is 12.7 Å². The second kappa shape index (κ2) is 3.71. The molecule has 0 fully saturated rings. The Hall–Kier alpha value is -1.58. The van der Waals surface area contributed by atoms with Crippen molar-refractivity contribution in [3.05, 3.63) is 29.4 Å². The normalized spacial score (nSPS) is 11.6. The third-order valence-electron chi connectivity index (χ3n) is 1.36. The summed E-state index contributed by atoms with van der Waals surface area (Å²) in [5, 5.41) is 8.62. The van der Waals surface area contributed by atoms with Gasteiger partial charge in [-0.15, -0.1) is 0 Å². The second-order valence-electron chi connectivity index (χ2n) is 2.24. The first-order valence-corrected chi connectivity index (χ1v) is 3.66. The van der Waals surface area contributed by atoms with E-state index in [1.54, 1.807) is 6.20 Å². The lowest BCUT2D eigenvalue weighted by Crippen LogP contribution is -2.10. The van der Waals surface area contributed by atoms with E-state index in [-0.39, 0.29) is 5.56 Å². The molecule has 0 aliphatic carbocycles. The van der Waals surface area contributed by atoms with Gasteiger partial charge >= 0.3 is 5.97 Å². The Morgan fingerprint density at radius 3 is 3.08 bits per heavy atom. The van der Waals surface area contributed by atoms with Gasteiger partial charge in [-0.05, 0) is 19.1 Å². The Labute approximate surface area is 69.6 Å². The molecule has 1 aromatic rings. The molecule has 4 nitrogen and oxygen atoms in total. The van der Waals surface area contributed by atoms with Crippen molar-refractivity contribution in [2.75, 3.05) is 6.54 Å². The quantitative estimate of drug-likeness (QED) is 0.676.